The van der Waals surface area contributed by atoms with E-state index in [0.717, 1.165) is 30.7 Å². The quantitative estimate of drug-likeness (QED) is 0.699. The van der Waals surface area contributed by atoms with Gasteiger partial charge in [-0.2, -0.15) is 0 Å². The third-order valence-electron chi connectivity index (χ3n) is 3.03. The van der Waals surface area contributed by atoms with Crippen LogP contribution >= 0.6 is 7.49 Å². The number of benzene rings is 1. The number of phenolic OH excluding ortho intramolecular Hbond substituents is 1. The minimum absolute atomic E-state index is 0.263. The van der Waals surface area contributed by atoms with E-state index in [1.54, 1.807) is 12.1 Å². The lowest BCUT2D eigenvalue weighted by atomic mass is 10.3. The summed E-state index contributed by atoms with van der Waals surface area (Å²) in [5.41, 5.74) is 0. The number of phenols is 1. The van der Waals surface area contributed by atoms with Gasteiger partial charge in [-0.1, -0.05) is 0 Å². The molecule has 1 heterocycles. The summed E-state index contributed by atoms with van der Waals surface area (Å²) in [6.07, 6.45) is 1.74. The largest absolute Gasteiger partial charge is 0.508 e. The van der Waals surface area contributed by atoms with E-state index in [1.807, 2.05) is 12.1 Å². The average Bonchev–Trinajstić information content (AvgIpc) is 2.24. The first-order chi connectivity index (χ1) is 7.10. The lowest BCUT2D eigenvalue weighted by molar-refractivity contribution is 0.356. The van der Waals surface area contributed by atoms with Crippen LogP contribution in [0.15, 0.2) is 24.3 Å². The normalized spacial score (nSPS) is 21.5. The van der Waals surface area contributed by atoms with Crippen LogP contribution in [0.1, 0.15) is 0 Å². The summed E-state index contributed by atoms with van der Waals surface area (Å²) in [5.74, 6) is 0.263. The minimum Gasteiger partial charge on any atom is -0.508 e. The van der Waals surface area contributed by atoms with Gasteiger partial charge in [-0.15, -0.1) is 0 Å². The molecule has 0 radical (unpaired) electrons. The molecule has 1 fully saturated rings. The predicted molar refractivity (Wildman–Crippen MR) is 64.1 cm³/mol. The van der Waals surface area contributed by atoms with Crippen LogP contribution in [-0.4, -0.2) is 47.4 Å². The van der Waals surface area contributed by atoms with Crippen LogP contribution in [0, 0.1) is 0 Å². The van der Waals surface area contributed by atoms with E-state index in [0.29, 0.717) is 0 Å². The second-order valence-electron chi connectivity index (χ2n) is 4.19. The van der Waals surface area contributed by atoms with E-state index in [9.17, 15) is 10.00 Å². The number of nitrogens with zero attached hydrogens (tertiary/aromatic N) is 1. The summed E-state index contributed by atoms with van der Waals surface area (Å²) in [4.78, 5) is 12.8. The van der Waals surface area contributed by atoms with Crippen molar-refractivity contribution < 1.29 is 10.00 Å². The zero-order chi connectivity index (χ0) is 10.9. The van der Waals surface area contributed by atoms with Crippen LogP contribution < -0.4 is 5.30 Å². The molecule has 0 saturated carbocycles. The van der Waals surface area contributed by atoms with Crippen LogP contribution in [0.3, 0.4) is 0 Å². The standard InChI is InChI=1S/C11H16NO2P/c1-12-6-8-15(14,9-7-12)11-4-2-10(13)3-5-11/h2-5,14H,6-9H2,1H3/p+1. The van der Waals surface area contributed by atoms with Gasteiger partial charge in [0.15, 0.2) is 7.49 Å². The number of hydrogen-bond donors (Lipinski definition) is 2. The van der Waals surface area contributed by atoms with E-state index < -0.39 is 7.49 Å². The molecule has 0 bridgehead atoms. The van der Waals surface area contributed by atoms with Gasteiger partial charge in [-0.3, -0.25) is 4.90 Å². The van der Waals surface area contributed by atoms with Gasteiger partial charge in [0.25, 0.3) is 0 Å². The minimum atomic E-state index is -1.93. The lowest BCUT2D eigenvalue weighted by Gasteiger charge is -2.29. The molecule has 1 saturated heterocycles. The van der Waals surface area contributed by atoms with Crippen molar-refractivity contribution >= 4 is 12.8 Å². The first-order valence-corrected chi connectivity index (χ1v) is 7.29. The van der Waals surface area contributed by atoms with Crippen molar-refractivity contribution in [1.82, 2.24) is 4.90 Å². The molecule has 0 spiro atoms. The summed E-state index contributed by atoms with van der Waals surface area (Å²) in [6, 6.07) is 7.03. The fraction of sp³-hybridized carbons (Fsp3) is 0.455. The summed E-state index contributed by atoms with van der Waals surface area (Å²) in [7, 11) is 0.158. The van der Waals surface area contributed by atoms with E-state index in [4.69, 9.17) is 0 Å². The zero-order valence-corrected chi connectivity index (χ0v) is 9.82. The second-order valence-corrected chi connectivity index (χ2v) is 7.45. The van der Waals surface area contributed by atoms with Gasteiger partial charge in [-0.25, -0.2) is 4.89 Å². The van der Waals surface area contributed by atoms with Crippen molar-refractivity contribution in [3.63, 3.8) is 0 Å². The Morgan fingerprint density at radius 3 is 2.20 bits per heavy atom. The van der Waals surface area contributed by atoms with Crippen LogP contribution in [0.25, 0.3) is 0 Å². The van der Waals surface area contributed by atoms with Crippen molar-refractivity contribution in [3.8, 4) is 5.75 Å². The molecule has 2 rings (SSSR count). The molecular formula is C11H17NO2P+. The van der Waals surface area contributed by atoms with Crippen LogP contribution in [-0.2, 0) is 0 Å². The fourth-order valence-corrected chi connectivity index (χ4v) is 4.67. The molecule has 1 aromatic rings. The fourth-order valence-electron chi connectivity index (χ4n) is 1.88. The molecule has 1 aliphatic rings. The molecule has 0 aliphatic carbocycles. The molecule has 15 heavy (non-hydrogen) atoms. The van der Waals surface area contributed by atoms with Crippen molar-refractivity contribution in [3.05, 3.63) is 24.3 Å². The van der Waals surface area contributed by atoms with E-state index >= 15 is 0 Å². The van der Waals surface area contributed by atoms with Gasteiger partial charge in [0.1, 0.15) is 23.4 Å². The van der Waals surface area contributed by atoms with Crippen LogP contribution in [0.4, 0.5) is 0 Å². The van der Waals surface area contributed by atoms with E-state index in [2.05, 4.69) is 11.9 Å². The maximum Gasteiger partial charge on any atom is 0.176 e. The molecule has 0 atom stereocenters. The molecule has 1 aliphatic heterocycles. The molecule has 2 N–H and O–H groups in total. The average molecular weight is 226 g/mol. The lowest BCUT2D eigenvalue weighted by Crippen LogP contribution is -2.36. The second kappa shape index (κ2) is 4.09. The maximum atomic E-state index is 10.6. The Bertz CT molecular complexity index is 331. The molecule has 1 aromatic carbocycles. The third kappa shape index (κ3) is 2.31. The third-order valence-corrected chi connectivity index (χ3v) is 6.17. The van der Waals surface area contributed by atoms with Crippen molar-refractivity contribution in [2.75, 3.05) is 32.5 Å². The predicted octanol–water partition coefficient (Wildman–Crippen LogP) is 0.888. The maximum absolute atomic E-state index is 10.6. The van der Waals surface area contributed by atoms with Crippen molar-refractivity contribution in [2.45, 2.75) is 0 Å². The number of hydrogen-bond acceptors (Lipinski definition) is 3. The van der Waals surface area contributed by atoms with Gasteiger partial charge >= 0.3 is 0 Å². The topological polar surface area (TPSA) is 43.7 Å². The van der Waals surface area contributed by atoms with E-state index in [1.165, 1.54) is 0 Å². The summed E-state index contributed by atoms with van der Waals surface area (Å²) in [6.45, 7) is 1.93. The SMILES string of the molecule is CN1CC[P+](O)(c2ccc(O)cc2)CC1. The van der Waals surface area contributed by atoms with Gasteiger partial charge in [0.2, 0.25) is 0 Å². The zero-order valence-electron chi connectivity index (χ0n) is 8.93. The monoisotopic (exact) mass is 226 g/mol. The van der Waals surface area contributed by atoms with Gasteiger partial charge in [0.05, 0.1) is 0 Å². The highest BCUT2D eigenvalue weighted by atomic mass is 31.2. The smallest absolute Gasteiger partial charge is 0.176 e. The van der Waals surface area contributed by atoms with Crippen LogP contribution in [0.5, 0.6) is 5.75 Å². The van der Waals surface area contributed by atoms with Crippen LogP contribution in [0.2, 0.25) is 0 Å². The Hall–Kier alpha value is -0.630. The molecular weight excluding hydrogens is 209 g/mol. The molecule has 0 unspecified atom stereocenters. The summed E-state index contributed by atoms with van der Waals surface area (Å²) in [5, 5.41) is 10.2. The number of aromatic hydroxyl groups is 1. The van der Waals surface area contributed by atoms with Gasteiger partial charge in [-0.05, 0) is 31.3 Å². The van der Waals surface area contributed by atoms with Crippen molar-refractivity contribution in [2.24, 2.45) is 0 Å². The van der Waals surface area contributed by atoms with Gasteiger partial charge < -0.3 is 5.11 Å². The highest BCUT2D eigenvalue weighted by Gasteiger charge is 2.41. The Morgan fingerprint density at radius 1 is 1.13 bits per heavy atom. The Morgan fingerprint density at radius 2 is 1.67 bits per heavy atom. The summed E-state index contributed by atoms with van der Waals surface area (Å²) < 4.78 is 0. The first-order valence-electron chi connectivity index (χ1n) is 5.18. The molecule has 4 heteroatoms. The highest BCUT2D eigenvalue weighted by Crippen LogP contribution is 2.54. The molecule has 82 valence electrons. The number of rotatable bonds is 1. The summed E-state index contributed by atoms with van der Waals surface area (Å²) >= 11 is 0. The Balaban J connectivity index is 2.18. The highest BCUT2D eigenvalue weighted by molar-refractivity contribution is 7.77. The Kier molecular flexibility index (Phi) is 2.96. The van der Waals surface area contributed by atoms with Crippen molar-refractivity contribution in [1.29, 1.82) is 0 Å². The molecule has 3 nitrogen and oxygen atoms in total. The Labute approximate surface area is 90.8 Å². The van der Waals surface area contributed by atoms with E-state index in [-0.39, 0.29) is 5.75 Å². The first kappa shape index (κ1) is 10.9. The molecule has 0 aromatic heterocycles. The van der Waals surface area contributed by atoms with Gasteiger partial charge in [0, 0.05) is 13.1 Å². The molecule has 0 amide bonds.